The standard InChI is InChI=1S/C7H7NO.Na.H/c1-2-4-6(5-3-1)7-8-9-7;;/h1-5,7-8H;;. The van der Waals surface area contributed by atoms with Crippen molar-refractivity contribution in [1.29, 1.82) is 0 Å². The maximum Gasteiger partial charge on any atom is 0.176 e. The van der Waals surface area contributed by atoms with E-state index in [1.54, 1.807) is 0 Å². The molecule has 1 aromatic carbocycles. The normalized spacial score (nSPS) is 21.4. The van der Waals surface area contributed by atoms with Crippen LogP contribution in [-0.4, -0.2) is 29.6 Å². The molecule has 0 bridgehead atoms. The zero-order chi connectivity index (χ0) is 6.10. The van der Waals surface area contributed by atoms with Gasteiger partial charge < -0.3 is 0 Å². The number of hydrogen-bond donors (Lipinski definition) is 1. The maximum atomic E-state index is 4.84. The van der Waals surface area contributed by atoms with Gasteiger partial charge in [0.2, 0.25) is 0 Å². The van der Waals surface area contributed by atoms with Crippen molar-refractivity contribution in [2.75, 3.05) is 0 Å². The molecule has 0 aromatic heterocycles. The quantitative estimate of drug-likeness (QED) is 0.463. The van der Waals surface area contributed by atoms with Gasteiger partial charge in [-0.1, -0.05) is 30.3 Å². The van der Waals surface area contributed by atoms with Crippen molar-refractivity contribution in [3.63, 3.8) is 0 Å². The number of hydroxylamine groups is 1. The fraction of sp³-hybridized carbons (Fsp3) is 0.143. The third-order valence-electron chi connectivity index (χ3n) is 1.34. The largest absolute Gasteiger partial charge is 0.273 e. The van der Waals surface area contributed by atoms with Gasteiger partial charge in [0.1, 0.15) is 0 Å². The second kappa shape index (κ2) is 3.51. The Balaban J connectivity index is 0.000000500. The van der Waals surface area contributed by atoms with Crippen molar-refractivity contribution in [3.05, 3.63) is 35.9 Å². The topological polar surface area (TPSA) is 34.5 Å². The summed E-state index contributed by atoms with van der Waals surface area (Å²) in [4.78, 5) is 4.84. The van der Waals surface area contributed by atoms with E-state index in [-0.39, 0.29) is 35.8 Å². The van der Waals surface area contributed by atoms with Gasteiger partial charge in [-0.25, -0.2) is 0 Å². The zero-order valence-electron chi connectivity index (χ0n) is 4.87. The van der Waals surface area contributed by atoms with Crippen molar-refractivity contribution >= 4 is 29.6 Å². The number of nitrogens with one attached hydrogen (secondary N) is 1. The zero-order valence-corrected chi connectivity index (χ0v) is 4.87. The van der Waals surface area contributed by atoms with E-state index < -0.39 is 0 Å². The van der Waals surface area contributed by atoms with Gasteiger partial charge >= 0.3 is 29.6 Å². The van der Waals surface area contributed by atoms with Gasteiger partial charge in [-0.05, 0) is 5.56 Å². The van der Waals surface area contributed by atoms with Gasteiger partial charge in [0.25, 0.3) is 0 Å². The predicted molar refractivity (Wildman–Crippen MR) is 40.6 cm³/mol. The van der Waals surface area contributed by atoms with Gasteiger partial charge in [-0.15, -0.1) is 0 Å². The molecule has 1 atom stereocenters. The molecule has 0 spiro atoms. The Labute approximate surface area is 81.8 Å². The summed E-state index contributed by atoms with van der Waals surface area (Å²) >= 11 is 0. The summed E-state index contributed by atoms with van der Waals surface area (Å²) in [7, 11) is 0. The van der Waals surface area contributed by atoms with Crippen molar-refractivity contribution in [3.8, 4) is 0 Å². The molecule has 3 heteroatoms. The Bertz CT molecular complexity index is 198. The molecular formula is C7H8NNaO. The molecular weight excluding hydrogens is 137 g/mol. The third kappa shape index (κ3) is 1.81. The van der Waals surface area contributed by atoms with Crippen molar-refractivity contribution in [1.82, 2.24) is 5.48 Å². The maximum absolute atomic E-state index is 4.84. The van der Waals surface area contributed by atoms with Gasteiger partial charge in [-0.2, -0.15) is 5.48 Å². The van der Waals surface area contributed by atoms with Crippen molar-refractivity contribution < 1.29 is 4.84 Å². The first kappa shape index (κ1) is 8.24. The van der Waals surface area contributed by atoms with E-state index in [9.17, 15) is 0 Å². The van der Waals surface area contributed by atoms with Crippen LogP contribution in [0.15, 0.2) is 30.3 Å². The van der Waals surface area contributed by atoms with Gasteiger partial charge in [-0.3, -0.25) is 4.84 Å². The molecule has 1 unspecified atom stereocenters. The van der Waals surface area contributed by atoms with Gasteiger partial charge in [0.05, 0.1) is 0 Å². The third-order valence-corrected chi connectivity index (χ3v) is 1.34. The Morgan fingerprint density at radius 3 is 2.30 bits per heavy atom. The Morgan fingerprint density at radius 2 is 1.80 bits per heavy atom. The Kier molecular flexibility index (Phi) is 2.89. The molecule has 2 rings (SSSR count). The summed E-state index contributed by atoms with van der Waals surface area (Å²) in [5, 5.41) is 0. The Morgan fingerprint density at radius 1 is 1.20 bits per heavy atom. The van der Waals surface area contributed by atoms with Crippen LogP contribution in [0.25, 0.3) is 0 Å². The van der Waals surface area contributed by atoms with E-state index in [2.05, 4.69) is 5.48 Å². The predicted octanol–water partition coefficient (Wildman–Crippen LogP) is 0.571. The monoisotopic (exact) mass is 145 g/mol. The molecule has 2 nitrogen and oxygen atoms in total. The molecule has 0 aliphatic carbocycles. The number of rotatable bonds is 1. The summed E-state index contributed by atoms with van der Waals surface area (Å²) in [6.07, 6.45) is 0.159. The molecule has 1 aliphatic heterocycles. The average Bonchev–Trinajstić information content (AvgIpc) is 2.71. The first-order valence-electron chi connectivity index (χ1n) is 2.93. The summed E-state index contributed by atoms with van der Waals surface area (Å²) in [6.45, 7) is 0. The van der Waals surface area contributed by atoms with Gasteiger partial charge in [0, 0.05) is 0 Å². The van der Waals surface area contributed by atoms with Crippen LogP contribution in [0.4, 0.5) is 0 Å². The molecule has 0 radical (unpaired) electrons. The minimum atomic E-state index is 0. The van der Waals surface area contributed by atoms with E-state index in [0.29, 0.717) is 0 Å². The molecule has 1 aromatic rings. The summed E-state index contributed by atoms with van der Waals surface area (Å²) < 4.78 is 0. The molecule has 0 amide bonds. The summed E-state index contributed by atoms with van der Waals surface area (Å²) in [6, 6.07) is 10.1. The molecule has 1 fully saturated rings. The SMILES string of the molecule is [NaH].c1ccc(C2NO2)cc1. The summed E-state index contributed by atoms with van der Waals surface area (Å²) in [5.74, 6) is 0. The van der Waals surface area contributed by atoms with Crippen LogP contribution in [-0.2, 0) is 4.84 Å². The number of hydrogen-bond acceptors (Lipinski definition) is 2. The van der Waals surface area contributed by atoms with E-state index in [0.717, 1.165) is 0 Å². The molecule has 1 heterocycles. The number of benzene rings is 1. The van der Waals surface area contributed by atoms with Crippen LogP contribution in [0, 0.1) is 0 Å². The second-order valence-corrected chi connectivity index (χ2v) is 2.03. The fourth-order valence-electron chi connectivity index (χ4n) is 0.798. The minimum absolute atomic E-state index is 0. The van der Waals surface area contributed by atoms with Crippen molar-refractivity contribution in [2.45, 2.75) is 6.23 Å². The molecule has 10 heavy (non-hydrogen) atoms. The fourth-order valence-corrected chi connectivity index (χ4v) is 0.798. The average molecular weight is 145 g/mol. The van der Waals surface area contributed by atoms with Crippen LogP contribution in [0.3, 0.4) is 0 Å². The Hall–Kier alpha value is 0.140. The molecule has 48 valence electrons. The van der Waals surface area contributed by atoms with Crippen LogP contribution in [0.1, 0.15) is 11.8 Å². The summed E-state index contributed by atoms with van der Waals surface area (Å²) in [5.41, 5.74) is 3.94. The molecule has 1 N–H and O–H groups in total. The molecule has 1 saturated heterocycles. The van der Waals surface area contributed by atoms with E-state index >= 15 is 0 Å². The molecule has 0 saturated carbocycles. The minimum Gasteiger partial charge on any atom is -0.273 e. The van der Waals surface area contributed by atoms with Gasteiger partial charge in [0.15, 0.2) is 6.23 Å². The van der Waals surface area contributed by atoms with E-state index in [4.69, 9.17) is 4.84 Å². The van der Waals surface area contributed by atoms with E-state index in [1.807, 2.05) is 30.3 Å². The van der Waals surface area contributed by atoms with Crippen LogP contribution < -0.4 is 5.48 Å². The first-order valence-corrected chi connectivity index (χ1v) is 2.93. The van der Waals surface area contributed by atoms with Crippen LogP contribution in [0.5, 0.6) is 0 Å². The van der Waals surface area contributed by atoms with Crippen molar-refractivity contribution in [2.24, 2.45) is 0 Å². The molecule has 1 aliphatic rings. The second-order valence-electron chi connectivity index (χ2n) is 2.03. The smallest absolute Gasteiger partial charge is 0.176 e. The van der Waals surface area contributed by atoms with E-state index in [1.165, 1.54) is 5.56 Å². The van der Waals surface area contributed by atoms with Crippen LogP contribution in [0.2, 0.25) is 0 Å². The first-order chi connectivity index (χ1) is 4.47. The van der Waals surface area contributed by atoms with Crippen LogP contribution >= 0.6 is 0 Å².